The van der Waals surface area contributed by atoms with Crippen LogP contribution in [0.4, 0.5) is 11.4 Å². The molecule has 0 atom stereocenters. The number of carbonyl (C=O) groups is 3. The van der Waals surface area contributed by atoms with Crippen LogP contribution in [0.1, 0.15) is 28.5 Å². The number of anilines is 2. The Kier molecular flexibility index (Phi) is 7.23. The van der Waals surface area contributed by atoms with Crippen molar-refractivity contribution in [1.82, 2.24) is 4.68 Å². The van der Waals surface area contributed by atoms with Crippen molar-refractivity contribution in [3.05, 3.63) is 93.0 Å². The molecule has 7 nitrogen and oxygen atoms in total. The summed E-state index contributed by atoms with van der Waals surface area (Å²) >= 11 is 9.61. The molecular formula is C26H22BrClN4O3. The van der Waals surface area contributed by atoms with E-state index in [4.69, 9.17) is 11.6 Å². The Balaban J connectivity index is 1.65. The van der Waals surface area contributed by atoms with Gasteiger partial charge in [0.15, 0.2) is 0 Å². The summed E-state index contributed by atoms with van der Waals surface area (Å²) < 4.78 is 2.12. The van der Waals surface area contributed by atoms with E-state index in [0.717, 1.165) is 10.0 Å². The van der Waals surface area contributed by atoms with Crippen molar-refractivity contribution in [3.8, 4) is 0 Å². The standard InChI is InChI=1S/C26H22BrClN4O3/c1-3-16-7-4-5-9-21(16)30-25(34)26(35)31-32-22-12-11-18(27)13-17(22)14-23(32)24(33)29-20-10-6-8-19(28)15(20)2/h4-14H,3H2,1-2H3,(H,29,33)(H,30,34)(H,31,35). The molecule has 9 heteroatoms. The third-order valence-corrected chi connectivity index (χ3v) is 6.48. The number of nitrogens with zero attached hydrogens (tertiary/aromatic N) is 1. The zero-order valence-corrected chi connectivity index (χ0v) is 21.3. The maximum absolute atomic E-state index is 13.2. The van der Waals surface area contributed by atoms with Gasteiger partial charge in [-0.15, -0.1) is 0 Å². The third kappa shape index (κ3) is 5.23. The number of rotatable bonds is 5. The average molecular weight is 554 g/mol. The van der Waals surface area contributed by atoms with Crippen LogP contribution in [0.25, 0.3) is 10.9 Å². The Morgan fingerprint density at radius 1 is 0.914 bits per heavy atom. The predicted molar refractivity (Wildman–Crippen MR) is 143 cm³/mol. The van der Waals surface area contributed by atoms with Gasteiger partial charge in [0.1, 0.15) is 5.69 Å². The fraction of sp³-hybridized carbons (Fsp3) is 0.115. The van der Waals surface area contributed by atoms with Gasteiger partial charge in [0, 0.05) is 26.3 Å². The first kappa shape index (κ1) is 24.5. The van der Waals surface area contributed by atoms with Gasteiger partial charge in [-0.05, 0) is 66.9 Å². The Morgan fingerprint density at radius 2 is 1.66 bits per heavy atom. The molecular weight excluding hydrogens is 532 g/mol. The number of hydrogen-bond acceptors (Lipinski definition) is 3. The van der Waals surface area contributed by atoms with E-state index >= 15 is 0 Å². The second-order valence-corrected chi connectivity index (χ2v) is 9.16. The number of amides is 3. The molecule has 0 saturated heterocycles. The minimum absolute atomic E-state index is 0.146. The molecule has 1 aromatic heterocycles. The molecule has 0 bridgehead atoms. The van der Waals surface area contributed by atoms with Crippen molar-refractivity contribution in [2.75, 3.05) is 16.1 Å². The number of benzene rings is 3. The molecule has 0 aliphatic heterocycles. The Hall–Kier alpha value is -3.62. The van der Waals surface area contributed by atoms with Gasteiger partial charge >= 0.3 is 11.8 Å². The molecule has 0 fully saturated rings. The Morgan fingerprint density at radius 3 is 2.43 bits per heavy atom. The van der Waals surface area contributed by atoms with Crippen molar-refractivity contribution in [2.45, 2.75) is 20.3 Å². The molecule has 0 spiro atoms. The van der Waals surface area contributed by atoms with Gasteiger partial charge in [-0.25, -0.2) is 4.68 Å². The van der Waals surface area contributed by atoms with Gasteiger partial charge < -0.3 is 10.6 Å². The van der Waals surface area contributed by atoms with Crippen LogP contribution >= 0.6 is 27.5 Å². The van der Waals surface area contributed by atoms with Crippen LogP contribution in [0.15, 0.2) is 71.2 Å². The Bertz CT molecular complexity index is 1460. The van der Waals surface area contributed by atoms with Crippen molar-refractivity contribution in [1.29, 1.82) is 0 Å². The van der Waals surface area contributed by atoms with Crippen LogP contribution < -0.4 is 16.1 Å². The highest BCUT2D eigenvalue weighted by Gasteiger charge is 2.22. The molecule has 3 N–H and O–H groups in total. The van der Waals surface area contributed by atoms with Crippen LogP contribution in [-0.2, 0) is 16.0 Å². The lowest BCUT2D eigenvalue weighted by Crippen LogP contribution is -2.36. The molecule has 0 aliphatic carbocycles. The molecule has 0 saturated carbocycles. The van der Waals surface area contributed by atoms with E-state index in [1.165, 1.54) is 4.68 Å². The maximum Gasteiger partial charge on any atom is 0.328 e. The maximum atomic E-state index is 13.2. The molecule has 3 amide bonds. The number of nitrogens with one attached hydrogen (secondary N) is 3. The summed E-state index contributed by atoms with van der Waals surface area (Å²) in [5, 5.41) is 6.70. The second kappa shape index (κ2) is 10.3. The van der Waals surface area contributed by atoms with Gasteiger partial charge in [0.05, 0.1) is 5.52 Å². The number of carbonyl (C=O) groups excluding carboxylic acids is 3. The van der Waals surface area contributed by atoms with E-state index in [9.17, 15) is 14.4 Å². The van der Waals surface area contributed by atoms with E-state index in [-0.39, 0.29) is 5.69 Å². The summed E-state index contributed by atoms with van der Waals surface area (Å²) in [4.78, 5) is 38.8. The molecule has 0 radical (unpaired) electrons. The molecule has 178 valence electrons. The summed E-state index contributed by atoms with van der Waals surface area (Å²) in [5.41, 5.74) is 5.99. The highest BCUT2D eigenvalue weighted by atomic mass is 79.9. The average Bonchev–Trinajstić information content (AvgIpc) is 3.19. The number of aromatic nitrogens is 1. The van der Waals surface area contributed by atoms with E-state index in [1.54, 1.807) is 55.5 Å². The number of para-hydroxylation sites is 1. The van der Waals surface area contributed by atoms with Crippen LogP contribution in [0, 0.1) is 6.92 Å². The molecule has 35 heavy (non-hydrogen) atoms. The molecule has 3 aromatic carbocycles. The lowest BCUT2D eigenvalue weighted by Gasteiger charge is -2.14. The number of fused-ring (bicyclic) bond motifs is 1. The van der Waals surface area contributed by atoms with Crippen LogP contribution in [0.3, 0.4) is 0 Å². The lowest BCUT2D eigenvalue weighted by molar-refractivity contribution is -0.133. The number of halogens is 2. The van der Waals surface area contributed by atoms with E-state index in [0.29, 0.717) is 39.3 Å². The smallest absolute Gasteiger partial charge is 0.320 e. The summed E-state index contributed by atoms with van der Waals surface area (Å²) in [6.45, 7) is 3.76. The van der Waals surface area contributed by atoms with E-state index in [1.807, 2.05) is 25.1 Å². The molecule has 0 aliphatic rings. The highest BCUT2D eigenvalue weighted by Crippen LogP contribution is 2.26. The monoisotopic (exact) mass is 552 g/mol. The van der Waals surface area contributed by atoms with Gasteiger partial charge in [-0.1, -0.05) is 58.7 Å². The summed E-state index contributed by atoms with van der Waals surface area (Å²) in [5.74, 6) is -2.23. The Labute approximate surface area is 215 Å². The highest BCUT2D eigenvalue weighted by molar-refractivity contribution is 9.10. The van der Waals surface area contributed by atoms with Crippen molar-refractivity contribution in [2.24, 2.45) is 0 Å². The zero-order chi connectivity index (χ0) is 25.1. The van der Waals surface area contributed by atoms with Crippen molar-refractivity contribution >= 4 is 67.5 Å². The molecule has 4 rings (SSSR count). The minimum atomic E-state index is -0.913. The largest absolute Gasteiger partial charge is 0.328 e. The third-order valence-electron chi connectivity index (χ3n) is 5.58. The topological polar surface area (TPSA) is 92.2 Å². The van der Waals surface area contributed by atoms with Gasteiger partial charge in [-0.3, -0.25) is 19.8 Å². The first-order valence-electron chi connectivity index (χ1n) is 10.9. The number of hydrogen-bond donors (Lipinski definition) is 3. The minimum Gasteiger partial charge on any atom is -0.320 e. The first-order valence-corrected chi connectivity index (χ1v) is 12.0. The number of aryl methyl sites for hydroxylation is 1. The van der Waals surface area contributed by atoms with Gasteiger partial charge in [-0.2, -0.15) is 0 Å². The molecule has 1 heterocycles. The summed E-state index contributed by atoms with van der Waals surface area (Å²) in [7, 11) is 0. The molecule has 0 unspecified atom stereocenters. The predicted octanol–water partition coefficient (Wildman–Crippen LogP) is 5.89. The lowest BCUT2D eigenvalue weighted by atomic mass is 10.1. The van der Waals surface area contributed by atoms with Crippen LogP contribution in [0.2, 0.25) is 5.02 Å². The second-order valence-electron chi connectivity index (χ2n) is 7.84. The molecule has 4 aromatic rings. The first-order chi connectivity index (χ1) is 16.8. The fourth-order valence-corrected chi connectivity index (χ4v) is 4.24. The quantitative estimate of drug-likeness (QED) is 0.269. The normalized spacial score (nSPS) is 10.7. The SMILES string of the molecule is CCc1ccccc1NC(=O)C(=O)Nn1c(C(=O)Nc2cccc(Cl)c2C)cc2cc(Br)ccc21. The van der Waals surface area contributed by atoms with Crippen LogP contribution in [-0.4, -0.2) is 22.4 Å². The summed E-state index contributed by atoms with van der Waals surface area (Å²) in [6, 6.07) is 19.4. The van der Waals surface area contributed by atoms with Crippen LogP contribution in [0.5, 0.6) is 0 Å². The van der Waals surface area contributed by atoms with Gasteiger partial charge in [0.25, 0.3) is 5.91 Å². The van der Waals surface area contributed by atoms with Gasteiger partial charge in [0.2, 0.25) is 0 Å². The van der Waals surface area contributed by atoms with E-state index in [2.05, 4.69) is 32.0 Å². The van der Waals surface area contributed by atoms with E-state index < -0.39 is 17.7 Å². The van der Waals surface area contributed by atoms with Crippen molar-refractivity contribution < 1.29 is 14.4 Å². The summed E-state index contributed by atoms with van der Waals surface area (Å²) in [6.07, 6.45) is 0.697. The fourth-order valence-electron chi connectivity index (χ4n) is 3.68. The van der Waals surface area contributed by atoms with Crippen molar-refractivity contribution in [3.63, 3.8) is 0 Å². The zero-order valence-electron chi connectivity index (χ0n) is 19.0.